The molecule has 1 atom stereocenters. The van der Waals surface area contributed by atoms with Crippen molar-refractivity contribution in [2.24, 2.45) is 0 Å². The Morgan fingerprint density at radius 3 is 2.12 bits per heavy atom. The number of para-hydroxylation sites is 1. The van der Waals surface area contributed by atoms with E-state index < -0.39 is 12.4 Å². The molecule has 0 aromatic heterocycles. The largest absolute Gasteiger partial charge is 0.515 e. The van der Waals surface area contributed by atoms with Gasteiger partial charge < -0.3 is 14.4 Å². The zero-order valence-electron chi connectivity index (χ0n) is 14.9. The van der Waals surface area contributed by atoms with E-state index in [1.807, 2.05) is 54.4 Å². The predicted octanol–water partition coefficient (Wildman–Crippen LogP) is 4.98. The van der Waals surface area contributed by atoms with E-state index in [2.05, 4.69) is 20.8 Å². The smallest absolute Gasteiger partial charge is 0.410 e. The number of carbonyl (C=O) groups is 1. The second kappa shape index (κ2) is 7.39. The molecule has 0 aliphatic heterocycles. The molecule has 2 aromatic carbocycles. The summed E-state index contributed by atoms with van der Waals surface area (Å²) in [5.74, 6) is 0.475. The van der Waals surface area contributed by atoms with Crippen molar-refractivity contribution in [2.45, 2.75) is 39.3 Å². The number of benzene rings is 2. The molecular formula is C20H25NO3. The third-order valence-electron chi connectivity index (χ3n) is 3.90. The van der Waals surface area contributed by atoms with Crippen LogP contribution in [0, 0.1) is 0 Å². The minimum Gasteiger partial charge on any atom is -0.410 e. The SMILES string of the molecule is CC(OC(=O)Oc1ccc(C(C)(C)C)cc1)N(C)c1ccccc1. The first-order chi connectivity index (χ1) is 11.3. The molecule has 0 saturated heterocycles. The Morgan fingerprint density at radius 1 is 1.00 bits per heavy atom. The molecule has 24 heavy (non-hydrogen) atoms. The van der Waals surface area contributed by atoms with Gasteiger partial charge in [-0.25, -0.2) is 4.79 Å². The van der Waals surface area contributed by atoms with Crippen LogP contribution in [0.1, 0.15) is 33.3 Å². The molecular weight excluding hydrogens is 302 g/mol. The highest BCUT2D eigenvalue weighted by Crippen LogP contribution is 2.24. The first kappa shape index (κ1) is 17.9. The molecule has 0 heterocycles. The van der Waals surface area contributed by atoms with Gasteiger partial charge in [0.2, 0.25) is 0 Å². The quantitative estimate of drug-likeness (QED) is 0.451. The first-order valence-electron chi connectivity index (χ1n) is 8.04. The molecule has 0 aliphatic carbocycles. The van der Waals surface area contributed by atoms with Crippen LogP contribution in [0.2, 0.25) is 0 Å². The van der Waals surface area contributed by atoms with Gasteiger partial charge in [0, 0.05) is 12.7 Å². The maximum atomic E-state index is 12.0. The van der Waals surface area contributed by atoms with Crippen molar-refractivity contribution < 1.29 is 14.3 Å². The monoisotopic (exact) mass is 327 g/mol. The van der Waals surface area contributed by atoms with Crippen LogP contribution < -0.4 is 9.64 Å². The lowest BCUT2D eigenvalue weighted by atomic mass is 9.87. The maximum absolute atomic E-state index is 12.0. The molecule has 0 bridgehead atoms. The van der Waals surface area contributed by atoms with Gasteiger partial charge in [-0.15, -0.1) is 0 Å². The number of anilines is 1. The van der Waals surface area contributed by atoms with Crippen molar-refractivity contribution in [3.05, 3.63) is 60.2 Å². The Balaban J connectivity index is 1.93. The van der Waals surface area contributed by atoms with Crippen LogP contribution in [-0.4, -0.2) is 19.4 Å². The number of rotatable bonds is 4. The van der Waals surface area contributed by atoms with Crippen LogP contribution in [0.5, 0.6) is 5.75 Å². The second-order valence-corrected chi connectivity index (χ2v) is 6.79. The van der Waals surface area contributed by atoms with Crippen molar-refractivity contribution >= 4 is 11.8 Å². The fourth-order valence-corrected chi connectivity index (χ4v) is 2.23. The summed E-state index contributed by atoms with van der Waals surface area (Å²) in [7, 11) is 1.87. The van der Waals surface area contributed by atoms with Crippen molar-refractivity contribution in [1.82, 2.24) is 0 Å². The summed E-state index contributed by atoms with van der Waals surface area (Å²) in [5, 5.41) is 0. The van der Waals surface area contributed by atoms with Crippen LogP contribution in [0.25, 0.3) is 0 Å². The van der Waals surface area contributed by atoms with Gasteiger partial charge in [0.25, 0.3) is 0 Å². The second-order valence-electron chi connectivity index (χ2n) is 6.79. The van der Waals surface area contributed by atoms with E-state index in [9.17, 15) is 4.79 Å². The number of nitrogens with zero attached hydrogens (tertiary/aromatic N) is 1. The molecule has 0 fully saturated rings. The number of hydrogen-bond acceptors (Lipinski definition) is 4. The Hall–Kier alpha value is -2.49. The number of carbonyl (C=O) groups excluding carboxylic acids is 1. The fraction of sp³-hybridized carbons (Fsp3) is 0.350. The van der Waals surface area contributed by atoms with Crippen molar-refractivity contribution in [1.29, 1.82) is 0 Å². The van der Waals surface area contributed by atoms with Gasteiger partial charge in [0.1, 0.15) is 5.75 Å². The van der Waals surface area contributed by atoms with Gasteiger partial charge in [-0.1, -0.05) is 51.1 Å². The third-order valence-corrected chi connectivity index (χ3v) is 3.90. The molecule has 4 nitrogen and oxygen atoms in total. The van der Waals surface area contributed by atoms with E-state index >= 15 is 0 Å². The average molecular weight is 327 g/mol. The van der Waals surface area contributed by atoms with Crippen LogP contribution in [0.15, 0.2) is 54.6 Å². The summed E-state index contributed by atoms with van der Waals surface area (Å²) in [6.07, 6.45) is -1.15. The number of hydrogen-bond donors (Lipinski definition) is 0. The van der Waals surface area contributed by atoms with Crippen LogP contribution in [-0.2, 0) is 10.2 Å². The molecule has 0 spiro atoms. The molecule has 0 radical (unpaired) electrons. The Morgan fingerprint density at radius 2 is 1.58 bits per heavy atom. The minimum absolute atomic E-state index is 0.0615. The van der Waals surface area contributed by atoms with Crippen LogP contribution in [0.4, 0.5) is 10.5 Å². The maximum Gasteiger partial charge on any atom is 0.515 e. The van der Waals surface area contributed by atoms with Crippen molar-refractivity contribution in [3.8, 4) is 5.75 Å². The van der Waals surface area contributed by atoms with E-state index in [0.717, 1.165) is 5.69 Å². The van der Waals surface area contributed by atoms with E-state index in [-0.39, 0.29) is 5.41 Å². The van der Waals surface area contributed by atoms with Crippen molar-refractivity contribution in [2.75, 3.05) is 11.9 Å². The zero-order valence-corrected chi connectivity index (χ0v) is 14.9. The highest BCUT2D eigenvalue weighted by molar-refractivity contribution is 5.64. The third kappa shape index (κ3) is 4.75. The van der Waals surface area contributed by atoms with Gasteiger partial charge >= 0.3 is 6.16 Å². The molecule has 0 saturated carbocycles. The van der Waals surface area contributed by atoms with Gasteiger partial charge in [0.05, 0.1) is 0 Å². The zero-order chi connectivity index (χ0) is 17.7. The summed E-state index contributed by atoms with van der Waals surface area (Å²) in [4.78, 5) is 13.8. The topological polar surface area (TPSA) is 38.8 Å². The summed E-state index contributed by atoms with van der Waals surface area (Å²) in [6, 6.07) is 17.2. The minimum atomic E-state index is -0.714. The first-order valence-corrected chi connectivity index (χ1v) is 8.04. The Kier molecular flexibility index (Phi) is 5.50. The van der Waals surface area contributed by atoms with E-state index in [1.54, 1.807) is 19.1 Å². The highest BCUT2D eigenvalue weighted by atomic mass is 16.7. The van der Waals surface area contributed by atoms with Crippen LogP contribution >= 0.6 is 0 Å². The molecule has 2 aromatic rings. The van der Waals surface area contributed by atoms with E-state index in [0.29, 0.717) is 5.75 Å². The molecule has 0 N–H and O–H groups in total. The molecule has 128 valence electrons. The fourth-order valence-electron chi connectivity index (χ4n) is 2.23. The Bertz CT molecular complexity index is 660. The van der Waals surface area contributed by atoms with Crippen molar-refractivity contribution in [3.63, 3.8) is 0 Å². The molecule has 2 rings (SSSR count). The predicted molar refractivity (Wildman–Crippen MR) is 96.6 cm³/mol. The normalized spacial score (nSPS) is 12.4. The lowest BCUT2D eigenvalue weighted by molar-refractivity contribution is 0.0661. The average Bonchev–Trinajstić information content (AvgIpc) is 2.54. The van der Waals surface area contributed by atoms with E-state index in [4.69, 9.17) is 9.47 Å². The standard InChI is InChI=1S/C20H25NO3/c1-15(21(5)17-9-7-6-8-10-17)23-19(22)24-18-13-11-16(12-14-18)20(2,3)4/h6-15H,1-5H3. The summed E-state index contributed by atoms with van der Waals surface area (Å²) in [6.45, 7) is 8.21. The summed E-state index contributed by atoms with van der Waals surface area (Å²) < 4.78 is 10.6. The molecule has 4 heteroatoms. The van der Waals surface area contributed by atoms with Gasteiger partial charge in [-0.3, -0.25) is 0 Å². The Labute approximate surface area is 144 Å². The van der Waals surface area contributed by atoms with Crippen LogP contribution in [0.3, 0.4) is 0 Å². The molecule has 0 aliphatic rings. The van der Waals surface area contributed by atoms with Gasteiger partial charge in [-0.2, -0.15) is 0 Å². The molecule has 1 unspecified atom stereocenters. The molecule has 0 amide bonds. The van der Waals surface area contributed by atoms with Gasteiger partial charge in [0.15, 0.2) is 6.23 Å². The van der Waals surface area contributed by atoms with E-state index in [1.165, 1.54) is 5.56 Å². The summed E-state index contributed by atoms with van der Waals surface area (Å²) >= 11 is 0. The number of ether oxygens (including phenoxy) is 2. The lowest BCUT2D eigenvalue weighted by Gasteiger charge is -2.26. The highest BCUT2D eigenvalue weighted by Gasteiger charge is 2.17. The van der Waals surface area contributed by atoms with Gasteiger partial charge in [-0.05, 0) is 42.2 Å². The lowest BCUT2D eigenvalue weighted by Crippen LogP contribution is -2.34. The summed E-state index contributed by atoms with van der Waals surface area (Å²) in [5.41, 5.74) is 2.21.